The molecule has 0 spiro atoms. The van der Waals surface area contributed by atoms with Crippen LogP contribution in [0.3, 0.4) is 0 Å². The number of piperidine rings is 1. The molecular formula is C12H14FN5. The van der Waals surface area contributed by atoms with E-state index < -0.39 is 0 Å². The van der Waals surface area contributed by atoms with Crippen LogP contribution in [0.15, 0.2) is 24.3 Å². The molecule has 1 aliphatic rings. The number of halogens is 1. The maximum Gasteiger partial charge on any atom is 0.159 e. The van der Waals surface area contributed by atoms with E-state index in [9.17, 15) is 4.39 Å². The molecule has 1 aliphatic heterocycles. The van der Waals surface area contributed by atoms with Gasteiger partial charge in [-0.15, -0.1) is 5.10 Å². The van der Waals surface area contributed by atoms with Crippen LogP contribution in [0.4, 0.5) is 4.39 Å². The Morgan fingerprint density at radius 3 is 2.89 bits per heavy atom. The van der Waals surface area contributed by atoms with Gasteiger partial charge >= 0.3 is 0 Å². The SMILES string of the molecule is Fc1cccc(-n2nnnc2C2CCNCC2)c1. The molecule has 0 aliphatic carbocycles. The van der Waals surface area contributed by atoms with Gasteiger partial charge in [-0.3, -0.25) is 0 Å². The number of rotatable bonds is 2. The predicted molar refractivity (Wildman–Crippen MR) is 64.0 cm³/mol. The number of aromatic nitrogens is 4. The first kappa shape index (κ1) is 11.3. The zero-order valence-electron chi connectivity index (χ0n) is 9.88. The van der Waals surface area contributed by atoms with E-state index in [1.165, 1.54) is 12.1 Å². The van der Waals surface area contributed by atoms with Crippen LogP contribution in [0.5, 0.6) is 0 Å². The first-order chi connectivity index (χ1) is 8.84. The molecule has 1 saturated heterocycles. The predicted octanol–water partition coefficient (Wildman–Crippen LogP) is 1.27. The Hall–Kier alpha value is -1.82. The summed E-state index contributed by atoms with van der Waals surface area (Å²) >= 11 is 0. The van der Waals surface area contributed by atoms with E-state index in [0.29, 0.717) is 11.6 Å². The quantitative estimate of drug-likeness (QED) is 0.868. The van der Waals surface area contributed by atoms with E-state index in [-0.39, 0.29) is 5.82 Å². The van der Waals surface area contributed by atoms with Crippen molar-refractivity contribution in [1.29, 1.82) is 0 Å². The van der Waals surface area contributed by atoms with Gasteiger partial charge in [0.2, 0.25) is 0 Å². The van der Waals surface area contributed by atoms with Gasteiger partial charge < -0.3 is 5.32 Å². The fourth-order valence-corrected chi connectivity index (χ4v) is 2.32. The molecule has 0 bridgehead atoms. The van der Waals surface area contributed by atoms with Crippen LogP contribution in [-0.4, -0.2) is 33.3 Å². The van der Waals surface area contributed by atoms with Crippen LogP contribution < -0.4 is 5.32 Å². The van der Waals surface area contributed by atoms with Crippen LogP contribution >= 0.6 is 0 Å². The van der Waals surface area contributed by atoms with Crippen molar-refractivity contribution < 1.29 is 4.39 Å². The van der Waals surface area contributed by atoms with E-state index >= 15 is 0 Å². The minimum absolute atomic E-state index is 0.278. The summed E-state index contributed by atoms with van der Waals surface area (Å²) in [5.74, 6) is 0.880. The van der Waals surface area contributed by atoms with Crippen LogP contribution in [0.1, 0.15) is 24.6 Å². The smallest absolute Gasteiger partial charge is 0.159 e. The third-order valence-corrected chi connectivity index (χ3v) is 3.25. The van der Waals surface area contributed by atoms with Crippen molar-refractivity contribution in [3.05, 3.63) is 35.9 Å². The summed E-state index contributed by atoms with van der Waals surface area (Å²) < 4.78 is 14.9. The van der Waals surface area contributed by atoms with Gasteiger partial charge in [0.25, 0.3) is 0 Å². The summed E-state index contributed by atoms with van der Waals surface area (Å²) in [7, 11) is 0. The molecule has 6 heteroatoms. The van der Waals surface area contributed by atoms with Crippen molar-refractivity contribution in [2.45, 2.75) is 18.8 Å². The summed E-state index contributed by atoms with van der Waals surface area (Å²) in [6.45, 7) is 1.95. The highest BCUT2D eigenvalue weighted by atomic mass is 19.1. The maximum atomic E-state index is 13.2. The Balaban J connectivity index is 1.95. The first-order valence-electron chi connectivity index (χ1n) is 6.09. The molecule has 94 valence electrons. The zero-order valence-corrected chi connectivity index (χ0v) is 9.88. The van der Waals surface area contributed by atoms with Crippen LogP contribution in [0, 0.1) is 5.82 Å². The Bertz CT molecular complexity index is 533. The number of nitrogens with one attached hydrogen (secondary N) is 1. The van der Waals surface area contributed by atoms with Gasteiger partial charge in [0.1, 0.15) is 5.82 Å². The van der Waals surface area contributed by atoms with E-state index in [0.717, 1.165) is 31.8 Å². The monoisotopic (exact) mass is 247 g/mol. The standard InChI is InChI=1S/C12H14FN5/c13-10-2-1-3-11(8-10)18-12(15-16-17-18)9-4-6-14-7-5-9/h1-3,8-9,14H,4-7H2. The highest BCUT2D eigenvalue weighted by Gasteiger charge is 2.22. The molecule has 0 atom stereocenters. The van der Waals surface area contributed by atoms with Crippen LogP contribution in [-0.2, 0) is 0 Å². The van der Waals surface area contributed by atoms with Gasteiger partial charge in [-0.1, -0.05) is 6.07 Å². The van der Waals surface area contributed by atoms with Crippen molar-refractivity contribution in [1.82, 2.24) is 25.5 Å². The normalized spacial score (nSPS) is 16.9. The highest BCUT2D eigenvalue weighted by Crippen LogP contribution is 2.24. The lowest BCUT2D eigenvalue weighted by atomic mass is 9.97. The second-order valence-electron chi connectivity index (χ2n) is 4.45. The van der Waals surface area contributed by atoms with Crippen LogP contribution in [0.2, 0.25) is 0 Å². The average molecular weight is 247 g/mol. The highest BCUT2D eigenvalue weighted by molar-refractivity contribution is 5.32. The minimum atomic E-state index is -0.278. The first-order valence-corrected chi connectivity index (χ1v) is 6.09. The number of hydrogen-bond acceptors (Lipinski definition) is 4. The molecule has 2 heterocycles. The van der Waals surface area contributed by atoms with Crippen molar-refractivity contribution in [2.75, 3.05) is 13.1 Å². The molecule has 0 radical (unpaired) electrons. The van der Waals surface area contributed by atoms with Gasteiger partial charge in [-0.25, -0.2) is 4.39 Å². The fourth-order valence-electron chi connectivity index (χ4n) is 2.32. The van der Waals surface area contributed by atoms with Gasteiger partial charge in [-0.05, 0) is 54.6 Å². The molecule has 0 unspecified atom stereocenters. The van der Waals surface area contributed by atoms with Gasteiger partial charge in [0.05, 0.1) is 5.69 Å². The number of hydrogen-bond donors (Lipinski definition) is 1. The Morgan fingerprint density at radius 1 is 1.28 bits per heavy atom. The van der Waals surface area contributed by atoms with Crippen molar-refractivity contribution >= 4 is 0 Å². The number of benzene rings is 1. The third kappa shape index (κ3) is 2.11. The summed E-state index contributed by atoms with van der Waals surface area (Å²) in [4.78, 5) is 0. The summed E-state index contributed by atoms with van der Waals surface area (Å²) in [6.07, 6.45) is 2.02. The lowest BCUT2D eigenvalue weighted by Crippen LogP contribution is -2.28. The third-order valence-electron chi connectivity index (χ3n) is 3.25. The van der Waals surface area contributed by atoms with Crippen LogP contribution in [0.25, 0.3) is 5.69 Å². The summed E-state index contributed by atoms with van der Waals surface area (Å²) in [5, 5.41) is 15.1. The molecule has 0 amide bonds. The number of tetrazole rings is 1. The Labute approximate surface area is 104 Å². The molecule has 18 heavy (non-hydrogen) atoms. The molecule has 3 rings (SSSR count). The molecule has 1 N–H and O–H groups in total. The molecule has 1 aromatic carbocycles. The molecule has 0 saturated carbocycles. The molecule has 2 aromatic rings. The van der Waals surface area contributed by atoms with Gasteiger partial charge in [0, 0.05) is 5.92 Å². The summed E-state index contributed by atoms with van der Waals surface area (Å²) in [6, 6.07) is 6.33. The molecule has 5 nitrogen and oxygen atoms in total. The topological polar surface area (TPSA) is 55.6 Å². The lowest BCUT2D eigenvalue weighted by molar-refractivity contribution is 0.438. The molecule has 1 fully saturated rings. The lowest BCUT2D eigenvalue weighted by Gasteiger charge is -2.21. The van der Waals surface area contributed by atoms with Gasteiger partial charge in [-0.2, -0.15) is 4.68 Å². The summed E-state index contributed by atoms with van der Waals surface area (Å²) in [5.41, 5.74) is 0.675. The molecule has 1 aromatic heterocycles. The second-order valence-corrected chi connectivity index (χ2v) is 4.45. The van der Waals surface area contributed by atoms with E-state index in [1.54, 1.807) is 10.7 Å². The van der Waals surface area contributed by atoms with Crippen molar-refractivity contribution in [3.63, 3.8) is 0 Å². The van der Waals surface area contributed by atoms with Gasteiger partial charge in [0.15, 0.2) is 5.82 Å². The largest absolute Gasteiger partial charge is 0.317 e. The van der Waals surface area contributed by atoms with Crippen molar-refractivity contribution in [2.24, 2.45) is 0 Å². The Morgan fingerprint density at radius 2 is 2.11 bits per heavy atom. The van der Waals surface area contributed by atoms with E-state index in [2.05, 4.69) is 20.8 Å². The maximum absolute atomic E-state index is 13.2. The molecular weight excluding hydrogens is 233 g/mol. The fraction of sp³-hybridized carbons (Fsp3) is 0.417. The Kier molecular flexibility index (Phi) is 3.02. The zero-order chi connectivity index (χ0) is 12.4. The van der Waals surface area contributed by atoms with E-state index in [1.807, 2.05) is 6.07 Å². The average Bonchev–Trinajstić information content (AvgIpc) is 2.89. The second kappa shape index (κ2) is 4.81. The van der Waals surface area contributed by atoms with Crippen molar-refractivity contribution in [3.8, 4) is 5.69 Å². The minimum Gasteiger partial charge on any atom is -0.317 e. The van der Waals surface area contributed by atoms with E-state index in [4.69, 9.17) is 0 Å². The number of nitrogens with zero attached hydrogens (tertiary/aromatic N) is 4.